The lowest BCUT2D eigenvalue weighted by Crippen LogP contribution is -2.47. The molecular formula is C16H29N3O2. The summed E-state index contributed by atoms with van der Waals surface area (Å²) in [6.07, 6.45) is 8.15. The van der Waals surface area contributed by atoms with Crippen LogP contribution in [0.4, 0.5) is 0 Å². The fourth-order valence-corrected chi connectivity index (χ4v) is 2.32. The normalized spacial score (nSPS) is 16.3. The number of hydrogen-bond donors (Lipinski definition) is 1. The van der Waals surface area contributed by atoms with E-state index in [9.17, 15) is 9.59 Å². The molecule has 0 saturated carbocycles. The molecule has 1 aliphatic carbocycles. The Balaban J connectivity index is 2.29. The first-order chi connectivity index (χ1) is 9.91. The van der Waals surface area contributed by atoms with Gasteiger partial charge in [0.2, 0.25) is 11.8 Å². The van der Waals surface area contributed by atoms with Gasteiger partial charge in [0.15, 0.2) is 0 Å². The summed E-state index contributed by atoms with van der Waals surface area (Å²) in [5.41, 5.74) is 1.46. The Hall–Kier alpha value is -1.36. The van der Waals surface area contributed by atoms with Crippen LogP contribution in [0.2, 0.25) is 0 Å². The molecule has 120 valence electrons. The minimum Gasteiger partial charge on any atom is -0.354 e. The van der Waals surface area contributed by atoms with E-state index in [1.54, 1.807) is 26.0 Å². The lowest BCUT2D eigenvalue weighted by atomic mass is 9.97. The molecule has 2 amide bonds. The second kappa shape index (κ2) is 8.82. The summed E-state index contributed by atoms with van der Waals surface area (Å²) in [6, 6.07) is -0.297. The maximum atomic E-state index is 12.1. The van der Waals surface area contributed by atoms with Gasteiger partial charge in [0.05, 0.1) is 12.6 Å². The zero-order valence-electron chi connectivity index (χ0n) is 13.8. The number of rotatable bonds is 7. The molecule has 1 aliphatic rings. The molecule has 1 N–H and O–H groups in total. The minimum atomic E-state index is -0.297. The quantitative estimate of drug-likeness (QED) is 0.722. The second-order valence-corrected chi connectivity index (χ2v) is 6.03. The predicted octanol–water partition coefficient (Wildman–Crippen LogP) is 1.40. The van der Waals surface area contributed by atoms with Gasteiger partial charge in [0.25, 0.3) is 0 Å². The molecule has 0 radical (unpaired) electrons. The van der Waals surface area contributed by atoms with Crippen molar-refractivity contribution in [3.63, 3.8) is 0 Å². The Morgan fingerprint density at radius 2 is 2.00 bits per heavy atom. The monoisotopic (exact) mass is 295 g/mol. The van der Waals surface area contributed by atoms with Gasteiger partial charge in [-0.2, -0.15) is 0 Å². The van der Waals surface area contributed by atoms with E-state index in [0.29, 0.717) is 6.54 Å². The van der Waals surface area contributed by atoms with Gasteiger partial charge in [-0.15, -0.1) is 0 Å². The maximum absolute atomic E-state index is 12.1. The fourth-order valence-electron chi connectivity index (χ4n) is 2.32. The van der Waals surface area contributed by atoms with Crippen LogP contribution in [0, 0.1) is 0 Å². The summed E-state index contributed by atoms with van der Waals surface area (Å²) in [5, 5.41) is 2.97. The third kappa shape index (κ3) is 6.29. The number of nitrogens with zero attached hydrogens (tertiary/aromatic N) is 2. The van der Waals surface area contributed by atoms with Crippen molar-refractivity contribution in [1.82, 2.24) is 15.1 Å². The smallest absolute Gasteiger partial charge is 0.237 e. The Morgan fingerprint density at radius 1 is 1.29 bits per heavy atom. The van der Waals surface area contributed by atoms with Gasteiger partial charge in [-0.3, -0.25) is 14.5 Å². The number of likely N-dealkylation sites (N-methyl/N-ethyl adjacent to an activating group) is 2. The maximum Gasteiger partial charge on any atom is 0.237 e. The number of carbonyl (C=O) groups is 2. The van der Waals surface area contributed by atoms with E-state index >= 15 is 0 Å². The van der Waals surface area contributed by atoms with Crippen LogP contribution in [0.3, 0.4) is 0 Å². The van der Waals surface area contributed by atoms with Crippen molar-refractivity contribution in [2.24, 2.45) is 0 Å². The number of carbonyl (C=O) groups excluding carboxylic acids is 2. The van der Waals surface area contributed by atoms with E-state index < -0.39 is 0 Å². The second-order valence-electron chi connectivity index (χ2n) is 6.03. The number of allylic oxidation sites excluding steroid dienone is 1. The van der Waals surface area contributed by atoms with Gasteiger partial charge in [-0.25, -0.2) is 0 Å². The fraction of sp³-hybridized carbons (Fsp3) is 0.750. The number of nitrogens with one attached hydrogen (secondary N) is 1. The van der Waals surface area contributed by atoms with Gasteiger partial charge >= 0.3 is 0 Å². The topological polar surface area (TPSA) is 52.7 Å². The van der Waals surface area contributed by atoms with Crippen molar-refractivity contribution in [2.75, 3.05) is 34.2 Å². The highest BCUT2D eigenvalue weighted by molar-refractivity contribution is 5.83. The van der Waals surface area contributed by atoms with E-state index in [4.69, 9.17) is 0 Å². The molecule has 0 aromatic heterocycles. The molecule has 5 heteroatoms. The van der Waals surface area contributed by atoms with Crippen LogP contribution in [-0.4, -0.2) is 61.9 Å². The molecule has 0 spiro atoms. The highest BCUT2D eigenvalue weighted by atomic mass is 16.2. The first-order valence-electron chi connectivity index (χ1n) is 7.78. The Morgan fingerprint density at radius 3 is 2.57 bits per heavy atom. The summed E-state index contributed by atoms with van der Waals surface area (Å²) in [5.74, 6) is -0.00928. The first-order valence-corrected chi connectivity index (χ1v) is 7.78. The molecule has 0 aromatic carbocycles. The van der Waals surface area contributed by atoms with E-state index in [2.05, 4.69) is 11.4 Å². The van der Waals surface area contributed by atoms with Crippen molar-refractivity contribution in [3.8, 4) is 0 Å². The molecule has 0 bridgehead atoms. The molecule has 1 rings (SSSR count). The standard InChI is InChI=1S/C16H29N3O2/c1-13(19(4)12-15(20)18(2)3)16(21)17-11-10-14-8-6-5-7-9-14/h8,13H,5-7,9-12H2,1-4H3,(H,17,21). The van der Waals surface area contributed by atoms with Crippen molar-refractivity contribution >= 4 is 11.8 Å². The van der Waals surface area contributed by atoms with Crippen molar-refractivity contribution in [3.05, 3.63) is 11.6 Å². The van der Waals surface area contributed by atoms with Crippen LogP contribution in [0.1, 0.15) is 39.0 Å². The average molecular weight is 295 g/mol. The molecule has 5 nitrogen and oxygen atoms in total. The third-order valence-corrected chi connectivity index (χ3v) is 4.05. The van der Waals surface area contributed by atoms with Gasteiger partial charge in [-0.1, -0.05) is 11.6 Å². The molecule has 0 fully saturated rings. The van der Waals surface area contributed by atoms with Crippen LogP contribution < -0.4 is 5.32 Å². The Bertz CT molecular complexity index is 391. The first kappa shape index (κ1) is 17.7. The molecule has 0 aromatic rings. The summed E-state index contributed by atoms with van der Waals surface area (Å²) >= 11 is 0. The average Bonchev–Trinajstić information content (AvgIpc) is 2.47. The molecule has 0 aliphatic heterocycles. The summed E-state index contributed by atoms with van der Waals surface area (Å²) < 4.78 is 0. The van der Waals surface area contributed by atoms with E-state index in [1.807, 2.05) is 6.92 Å². The largest absolute Gasteiger partial charge is 0.354 e. The van der Waals surface area contributed by atoms with Gasteiger partial charge in [0, 0.05) is 20.6 Å². The molecule has 0 saturated heterocycles. The van der Waals surface area contributed by atoms with Crippen LogP contribution in [-0.2, 0) is 9.59 Å². The lowest BCUT2D eigenvalue weighted by molar-refractivity contribution is -0.132. The van der Waals surface area contributed by atoms with Crippen molar-refractivity contribution in [1.29, 1.82) is 0 Å². The molecule has 21 heavy (non-hydrogen) atoms. The molecule has 0 heterocycles. The van der Waals surface area contributed by atoms with E-state index in [-0.39, 0.29) is 24.4 Å². The van der Waals surface area contributed by atoms with Crippen molar-refractivity contribution in [2.45, 2.75) is 45.1 Å². The Labute approximate surface area is 128 Å². The SMILES string of the molecule is CC(C(=O)NCCC1=CCCCC1)N(C)CC(=O)N(C)C. The van der Waals surface area contributed by atoms with Crippen LogP contribution >= 0.6 is 0 Å². The third-order valence-electron chi connectivity index (χ3n) is 4.05. The van der Waals surface area contributed by atoms with Gasteiger partial charge in [0.1, 0.15) is 0 Å². The predicted molar refractivity (Wildman–Crippen MR) is 85.0 cm³/mol. The number of hydrogen-bond acceptors (Lipinski definition) is 3. The minimum absolute atomic E-state index is 0.00418. The summed E-state index contributed by atoms with van der Waals surface area (Å²) in [4.78, 5) is 27.0. The highest BCUT2D eigenvalue weighted by Gasteiger charge is 2.20. The summed E-state index contributed by atoms with van der Waals surface area (Å²) in [6.45, 7) is 2.77. The van der Waals surface area contributed by atoms with E-state index in [1.165, 1.54) is 36.2 Å². The molecule has 1 unspecified atom stereocenters. The number of amides is 2. The van der Waals surface area contributed by atoms with Crippen LogP contribution in [0.25, 0.3) is 0 Å². The van der Waals surface area contributed by atoms with Gasteiger partial charge in [-0.05, 0) is 46.1 Å². The highest BCUT2D eigenvalue weighted by Crippen LogP contribution is 2.19. The van der Waals surface area contributed by atoms with E-state index in [0.717, 1.165) is 6.42 Å². The summed E-state index contributed by atoms with van der Waals surface area (Å²) in [7, 11) is 5.24. The Kier molecular flexibility index (Phi) is 7.43. The molecule has 1 atom stereocenters. The molecular weight excluding hydrogens is 266 g/mol. The van der Waals surface area contributed by atoms with Crippen LogP contribution in [0.5, 0.6) is 0 Å². The zero-order valence-corrected chi connectivity index (χ0v) is 13.8. The van der Waals surface area contributed by atoms with Crippen LogP contribution in [0.15, 0.2) is 11.6 Å². The van der Waals surface area contributed by atoms with Gasteiger partial charge < -0.3 is 10.2 Å². The zero-order chi connectivity index (χ0) is 15.8. The lowest BCUT2D eigenvalue weighted by Gasteiger charge is -2.24. The van der Waals surface area contributed by atoms with Crippen molar-refractivity contribution < 1.29 is 9.59 Å².